The van der Waals surface area contributed by atoms with E-state index in [0.717, 1.165) is 44.4 Å². The Morgan fingerprint density at radius 2 is 1.58 bits per heavy atom. The van der Waals surface area contributed by atoms with Crippen molar-refractivity contribution in [2.75, 3.05) is 47.8 Å². The molecule has 0 unspecified atom stereocenters. The summed E-state index contributed by atoms with van der Waals surface area (Å²) < 4.78 is 0. The van der Waals surface area contributed by atoms with Gasteiger partial charge in [0.2, 0.25) is 5.95 Å². The zero-order chi connectivity index (χ0) is 24.8. The molecule has 7 heteroatoms. The van der Waals surface area contributed by atoms with Crippen LogP contribution in [0.5, 0.6) is 0 Å². The van der Waals surface area contributed by atoms with Gasteiger partial charge in [0.15, 0.2) is 5.11 Å². The normalized spacial score (nSPS) is 22.2. The molecule has 2 aromatic rings. The number of hydrogen-bond donors (Lipinski definition) is 2. The molecule has 2 N–H and O–H groups in total. The SMILES string of the molecule is C[C@@H]1CCCN(c2cc(N3CCCCCC3)nc(NC(=S)NCC3(c4ccccc4)CCCC3)n2)C1. The van der Waals surface area contributed by atoms with E-state index in [4.69, 9.17) is 22.2 Å². The lowest BCUT2D eigenvalue weighted by Gasteiger charge is -2.33. The Kier molecular flexibility index (Phi) is 8.25. The first-order valence-corrected chi connectivity index (χ1v) is 14.5. The minimum atomic E-state index is 0.150. The van der Waals surface area contributed by atoms with Crippen molar-refractivity contribution < 1.29 is 0 Å². The predicted octanol–water partition coefficient (Wildman–Crippen LogP) is 5.89. The Hall–Kier alpha value is -2.41. The molecule has 1 aromatic heterocycles. The highest BCUT2D eigenvalue weighted by molar-refractivity contribution is 7.80. The van der Waals surface area contributed by atoms with Crippen LogP contribution in [-0.4, -0.2) is 47.8 Å². The van der Waals surface area contributed by atoms with E-state index in [-0.39, 0.29) is 5.41 Å². The third-order valence-electron chi connectivity index (χ3n) is 8.37. The number of nitrogens with zero attached hydrogens (tertiary/aromatic N) is 4. The number of piperidine rings is 1. The van der Waals surface area contributed by atoms with Gasteiger partial charge in [-0.3, -0.25) is 0 Å². The Bertz CT molecular complexity index is 978. The summed E-state index contributed by atoms with van der Waals surface area (Å²) in [5.74, 6) is 3.36. The lowest BCUT2D eigenvalue weighted by molar-refractivity contribution is 0.435. The first-order valence-electron chi connectivity index (χ1n) is 14.1. The van der Waals surface area contributed by atoms with Crippen molar-refractivity contribution in [3.8, 4) is 0 Å². The van der Waals surface area contributed by atoms with Gasteiger partial charge >= 0.3 is 0 Å². The lowest BCUT2D eigenvalue weighted by Crippen LogP contribution is -2.41. The molecule has 3 aliphatic rings. The van der Waals surface area contributed by atoms with E-state index in [1.165, 1.54) is 69.8 Å². The van der Waals surface area contributed by atoms with Crippen molar-refractivity contribution in [2.24, 2.45) is 5.92 Å². The fraction of sp³-hybridized carbons (Fsp3) is 0.621. The number of aromatic nitrogens is 2. The molecule has 0 amide bonds. The second kappa shape index (κ2) is 11.8. The predicted molar refractivity (Wildman–Crippen MR) is 154 cm³/mol. The molecular formula is C29H42N6S. The molecule has 2 aliphatic heterocycles. The van der Waals surface area contributed by atoms with Gasteiger partial charge in [0.1, 0.15) is 11.6 Å². The fourth-order valence-corrected chi connectivity index (χ4v) is 6.47. The summed E-state index contributed by atoms with van der Waals surface area (Å²) in [7, 11) is 0. The maximum atomic E-state index is 5.78. The van der Waals surface area contributed by atoms with Gasteiger partial charge in [0.25, 0.3) is 0 Å². The number of nitrogens with one attached hydrogen (secondary N) is 2. The van der Waals surface area contributed by atoms with Crippen molar-refractivity contribution in [1.82, 2.24) is 15.3 Å². The summed E-state index contributed by atoms with van der Waals surface area (Å²) in [5.41, 5.74) is 1.57. The third kappa shape index (κ3) is 6.10. The van der Waals surface area contributed by atoms with E-state index in [0.29, 0.717) is 17.0 Å². The Balaban J connectivity index is 1.32. The van der Waals surface area contributed by atoms with Crippen molar-refractivity contribution in [1.29, 1.82) is 0 Å². The molecule has 1 aromatic carbocycles. The molecule has 0 spiro atoms. The molecule has 1 atom stereocenters. The van der Waals surface area contributed by atoms with Crippen LogP contribution in [0.15, 0.2) is 36.4 Å². The summed E-state index contributed by atoms with van der Waals surface area (Å²) >= 11 is 5.78. The maximum Gasteiger partial charge on any atom is 0.232 e. The molecule has 0 radical (unpaired) electrons. The van der Waals surface area contributed by atoms with Crippen LogP contribution in [0.1, 0.15) is 76.7 Å². The van der Waals surface area contributed by atoms with E-state index in [1.807, 2.05) is 0 Å². The largest absolute Gasteiger partial charge is 0.361 e. The van der Waals surface area contributed by atoms with Gasteiger partial charge in [-0.25, -0.2) is 0 Å². The Morgan fingerprint density at radius 3 is 2.28 bits per heavy atom. The van der Waals surface area contributed by atoms with Crippen LogP contribution in [0.4, 0.5) is 17.6 Å². The van der Waals surface area contributed by atoms with Gasteiger partial charge < -0.3 is 20.4 Å². The quantitative estimate of drug-likeness (QED) is 0.474. The van der Waals surface area contributed by atoms with Gasteiger partial charge in [0, 0.05) is 44.2 Å². The summed E-state index contributed by atoms with van der Waals surface area (Å²) in [6.45, 7) is 7.42. The number of rotatable bonds is 6. The van der Waals surface area contributed by atoms with E-state index >= 15 is 0 Å². The summed E-state index contributed by atoms with van der Waals surface area (Å²) in [5, 5.41) is 7.52. The van der Waals surface area contributed by atoms with Crippen LogP contribution in [-0.2, 0) is 5.41 Å². The third-order valence-corrected chi connectivity index (χ3v) is 8.62. The van der Waals surface area contributed by atoms with Crippen LogP contribution in [0.3, 0.4) is 0 Å². The van der Waals surface area contributed by atoms with Gasteiger partial charge in [-0.1, -0.05) is 62.9 Å². The molecule has 1 saturated carbocycles. The van der Waals surface area contributed by atoms with Crippen LogP contribution < -0.4 is 20.4 Å². The van der Waals surface area contributed by atoms with Crippen molar-refractivity contribution in [2.45, 2.75) is 76.5 Å². The summed E-state index contributed by atoms with van der Waals surface area (Å²) in [6, 6.07) is 13.1. The summed E-state index contributed by atoms with van der Waals surface area (Å²) in [4.78, 5) is 14.8. The Labute approximate surface area is 222 Å². The zero-order valence-electron chi connectivity index (χ0n) is 21.8. The standard InChI is InChI=1S/C29H42N6S/c1-23-12-11-19-35(21-23)26-20-25(34-17-9-2-3-10-18-34)31-27(32-26)33-28(36)30-22-29(15-7-8-16-29)24-13-5-4-6-14-24/h4-6,13-14,20,23H,2-3,7-12,15-19,21-22H2,1H3,(H2,30,31,32,33,36)/t23-/m1/s1. The number of benzene rings is 1. The van der Waals surface area contributed by atoms with Crippen LogP contribution >= 0.6 is 12.2 Å². The molecule has 5 rings (SSSR count). The molecule has 36 heavy (non-hydrogen) atoms. The molecule has 3 fully saturated rings. The maximum absolute atomic E-state index is 5.78. The van der Waals surface area contributed by atoms with Gasteiger partial charge in [0.05, 0.1) is 0 Å². The van der Waals surface area contributed by atoms with Crippen molar-refractivity contribution in [3.05, 3.63) is 42.0 Å². The van der Waals surface area contributed by atoms with Crippen molar-refractivity contribution in [3.63, 3.8) is 0 Å². The summed E-state index contributed by atoms with van der Waals surface area (Å²) in [6.07, 6.45) is 12.5. The molecular weight excluding hydrogens is 464 g/mol. The van der Waals surface area contributed by atoms with Gasteiger partial charge in [-0.15, -0.1) is 0 Å². The van der Waals surface area contributed by atoms with E-state index < -0.39 is 0 Å². The number of hydrogen-bond acceptors (Lipinski definition) is 5. The van der Waals surface area contributed by atoms with Crippen LogP contribution in [0.2, 0.25) is 0 Å². The topological polar surface area (TPSA) is 56.3 Å². The average molecular weight is 507 g/mol. The highest BCUT2D eigenvalue weighted by atomic mass is 32.1. The average Bonchev–Trinajstić information content (AvgIpc) is 3.22. The number of thiocarbonyl (C=S) groups is 1. The van der Waals surface area contributed by atoms with Crippen molar-refractivity contribution >= 4 is 34.9 Å². The fourth-order valence-electron chi connectivity index (χ4n) is 6.31. The van der Waals surface area contributed by atoms with Crippen LogP contribution in [0, 0.1) is 5.92 Å². The minimum absolute atomic E-state index is 0.150. The highest BCUT2D eigenvalue weighted by Gasteiger charge is 2.35. The second-order valence-electron chi connectivity index (χ2n) is 11.2. The zero-order valence-corrected chi connectivity index (χ0v) is 22.7. The molecule has 0 bridgehead atoms. The van der Waals surface area contributed by atoms with Gasteiger partial charge in [-0.2, -0.15) is 9.97 Å². The Morgan fingerprint density at radius 1 is 0.917 bits per heavy atom. The van der Waals surface area contributed by atoms with E-state index in [9.17, 15) is 0 Å². The van der Waals surface area contributed by atoms with Gasteiger partial charge in [-0.05, 0) is 62.2 Å². The first-order chi connectivity index (χ1) is 17.6. The van der Waals surface area contributed by atoms with Crippen LogP contribution in [0.25, 0.3) is 0 Å². The monoisotopic (exact) mass is 506 g/mol. The molecule has 1 aliphatic carbocycles. The molecule has 6 nitrogen and oxygen atoms in total. The number of anilines is 3. The molecule has 194 valence electrons. The minimum Gasteiger partial charge on any atom is -0.361 e. The van der Waals surface area contributed by atoms with E-state index in [1.54, 1.807) is 0 Å². The second-order valence-corrected chi connectivity index (χ2v) is 11.6. The lowest BCUT2D eigenvalue weighted by atomic mass is 9.79. The molecule has 2 saturated heterocycles. The first kappa shape index (κ1) is 25.2. The molecule has 3 heterocycles. The highest BCUT2D eigenvalue weighted by Crippen LogP contribution is 2.40. The van der Waals surface area contributed by atoms with E-state index in [2.05, 4.69) is 63.8 Å². The smallest absolute Gasteiger partial charge is 0.232 e.